The van der Waals surface area contributed by atoms with Crippen molar-refractivity contribution in [3.63, 3.8) is 0 Å². The minimum Gasteiger partial charge on any atom is -0.343 e. The van der Waals surface area contributed by atoms with Crippen molar-refractivity contribution < 1.29 is 4.79 Å². The van der Waals surface area contributed by atoms with Crippen molar-refractivity contribution >= 4 is 51.8 Å². The minimum absolute atomic E-state index is 0.687. The zero-order chi connectivity index (χ0) is 21.2. The summed E-state index contributed by atoms with van der Waals surface area (Å²) < 4.78 is 2.17. The highest BCUT2D eigenvalue weighted by atomic mass is 35.5. The van der Waals surface area contributed by atoms with Gasteiger partial charge in [0.05, 0.1) is 11.2 Å². The van der Waals surface area contributed by atoms with Crippen molar-refractivity contribution in [1.82, 2.24) is 9.55 Å². The van der Waals surface area contributed by atoms with Crippen LogP contribution in [0.3, 0.4) is 0 Å². The number of aromatic nitrogens is 2. The first kappa shape index (κ1) is 19.3. The molecule has 2 heterocycles. The van der Waals surface area contributed by atoms with Crippen LogP contribution < -0.4 is 0 Å². The van der Waals surface area contributed by atoms with E-state index in [4.69, 9.17) is 11.6 Å². The van der Waals surface area contributed by atoms with Gasteiger partial charge in [-0.05, 0) is 59.0 Å². The first-order valence-corrected chi connectivity index (χ1v) is 10.4. The van der Waals surface area contributed by atoms with E-state index >= 15 is 0 Å². The predicted molar refractivity (Wildman–Crippen MR) is 129 cm³/mol. The van der Waals surface area contributed by atoms with Crippen LogP contribution in [0.4, 0.5) is 0 Å². The van der Waals surface area contributed by atoms with Crippen molar-refractivity contribution in [3.05, 3.63) is 112 Å². The number of halogens is 1. The van der Waals surface area contributed by atoms with E-state index in [9.17, 15) is 4.79 Å². The molecule has 0 saturated carbocycles. The van der Waals surface area contributed by atoms with E-state index in [2.05, 4.69) is 58.2 Å². The van der Waals surface area contributed by atoms with Gasteiger partial charge in [0, 0.05) is 34.2 Å². The molecular formula is C27H19ClN2O. The summed E-state index contributed by atoms with van der Waals surface area (Å²) in [4.78, 5) is 15.8. The largest absolute Gasteiger partial charge is 0.343 e. The zero-order valence-electron chi connectivity index (χ0n) is 16.7. The fourth-order valence-corrected chi connectivity index (χ4v) is 3.95. The zero-order valence-corrected chi connectivity index (χ0v) is 17.5. The van der Waals surface area contributed by atoms with Gasteiger partial charge in [0.25, 0.3) is 0 Å². The molecule has 4 heteroatoms. The standard InChI is InChI=1S/C27H19ClN2O/c28-24-9-7-22-8-11-25(29-26(22)16-24)10-5-19-2-1-3-20(14-19)17-30-13-12-23-6-4-21(18-31)15-27(23)30/h1-16,18H,17H2. The number of carbonyl (C=O) groups is 1. The molecule has 0 saturated heterocycles. The normalized spacial score (nSPS) is 11.5. The van der Waals surface area contributed by atoms with Crippen LogP contribution in [-0.4, -0.2) is 15.8 Å². The molecule has 2 aromatic heterocycles. The molecular weight excluding hydrogens is 404 g/mol. The van der Waals surface area contributed by atoms with Crippen LogP contribution in [0.2, 0.25) is 5.02 Å². The van der Waals surface area contributed by atoms with E-state index < -0.39 is 0 Å². The van der Waals surface area contributed by atoms with E-state index in [0.29, 0.717) is 10.6 Å². The quantitative estimate of drug-likeness (QED) is 0.289. The maximum absolute atomic E-state index is 11.1. The number of pyridine rings is 1. The number of fused-ring (bicyclic) bond motifs is 2. The molecule has 0 amide bonds. The molecule has 0 unspecified atom stereocenters. The van der Waals surface area contributed by atoms with E-state index in [1.54, 1.807) is 0 Å². The molecule has 150 valence electrons. The maximum atomic E-state index is 11.1. The van der Waals surface area contributed by atoms with Gasteiger partial charge in [-0.25, -0.2) is 4.98 Å². The molecule has 0 bridgehead atoms. The van der Waals surface area contributed by atoms with E-state index in [1.807, 2.05) is 48.5 Å². The summed E-state index contributed by atoms with van der Waals surface area (Å²) in [6, 6.07) is 26.1. The summed E-state index contributed by atoms with van der Waals surface area (Å²) in [6.07, 6.45) is 7.03. The lowest BCUT2D eigenvalue weighted by Crippen LogP contribution is -1.98. The van der Waals surface area contributed by atoms with Crippen molar-refractivity contribution in [3.8, 4) is 0 Å². The van der Waals surface area contributed by atoms with E-state index in [1.165, 1.54) is 5.56 Å². The second-order valence-corrected chi connectivity index (χ2v) is 7.97. The molecule has 0 aliphatic heterocycles. The molecule has 3 nitrogen and oxygen atoms in total. The Balaban J connectivity index is 1.40. The number of hydrogen-bond donors (Lipinski definition) is 0. The predicted octanol–water partition coefficient (Wildman–Crippen LogP) is 6.87. The Morgan fingerprint density at radius 1 is 0.839 bits per heavy atom. The van der Waals surface area contributed by atoms with Crippen LogP contribution in [-0.2, 0) is 6.54 Å². The molecule has 0 fully saturated rings. The molecule has 0 atom stereocenters. The molecule has 0 N–H and O–H groups in total. The molecule has 31 heavy (non-hydrogen) atoms. The van der Waals surface area contributed by atoms with Crippen molar-refractivity contribution in [2.45, 2.75) is 6.54 Å². The Morgan fingerprint density at radius 2 is 1.71 bits per heavy atom. The molecule has 0 radical (unpaired) electrons. The number of benzene rings is 3. The fraction of sp³-hybridized carbons (Fsp3) is 0.0370. The lowest BCUT2D eigenvalue weighted by molar-refractivity contribution is 0.112. The van der Waals surface area contributed by atoms with Crippen molar-refractivity contribution in [2.24, 2.45) is 0 Å². The number of hydrogen-bond acceptors (Lipinski definition) is 2. The van der Waals surface area contributed by atoms with Gasteiger partial charge in [-0.3, -0.25) is 4.79 Å². The number of carbonyl (C=O) groups excluding carboxylic acids is 1. The van der Waals surface area contributed by atoms with Crippen LogP contribution in [0.25, 0.3) is 34.0 Å². The molecule has 5 aromatic rings. The number of aldehydes is 1. The highest BCUT2D eigenvalue weighted by Crippen LogP contribution is 2.21. The third-order valence-corrected chi connectivity index (χ3v) is 5.60. The lowest BCUT2D eigenvalue weighted by atomic mass is 10.1. The van der Waals surface area contributed by atoms with Gasteiger partial charge in [0.2, 0.25) is 0 Å². The van der Waals surface area contributed by atoms with Crippen LogP contribution in [0.15, 0.2) is 85.1 Å². The van der Waals surface area contributed by atoms with Gasteiger partial charge >= 0.3 is 0 Å². The topological polar surface area (TPSA) is 34.9 Å². The minimum atomic E-state index is 0.687. The first-order chi connectivity index (χ1) is 15.2. The van der Waals surface area contributed by atoms with Crippen molar-refractivity contribution in [2.75, 3.05) is 0 Å². The maximum Gasteiger partial charge on any atom is 0.150 e. The summed E-state index contributed by atoms with van der Waals surface area (Å²) in [5.41, 5.74) is 5.82. The average Bonchev–Trinajstić information content (AvgIpc) is 3.19. The Labute approximate surface area is 185 Å². The van der Waals surface area contributed by atoms with Crippen molar-refractivity contribution in [1.29, 1.82) is 0 Å². The summed E-state index contributed by atoms with van der Waals surface area (Å²) in [6.45, 7) is 0.736. The Bertz CT molecular complexity index is 1450. The van der Waals surface area contributed by atoms with Crippen LogP contribution in [0.1, 0.15) is 27.2 Å². The molecule has 0 spiro atoms. The fourth-order valence-electron chi connectivity index (χ4n) is 3.78. The summed E-state index contributed by atoms with van der Waals surface area (Å²) in [5, 5.41) is 2.89. The van der Waals surface area contributed by atoms with Gasteiger partial charge in [-0.2, -0.15) is 0 Å². The Morgan fingerprint density at radius 3 is 2.61 bits per heavy atom. The van der Waals surface area contributed by atoms with Crippen LogP contribution >= 0.6 is 11.6 Å². The number of nitrogens with zero attached hydrogens (tertiary/aromatic N) is 2. The second-order valence-electron chi connectivity index (χ2n) is 7.53. The summed E-state index contributed by atoms with van der Waals surface area (Å²) >= 11 is 6.10. The van der Waals surface area contributed by atoms with Crippen LogP contribution in [0, 0.1) is 0 Å². The van der Waals surface area contributed by atoms with Gasteiger partial charge < -0.3 is 4.57 Å². The smallest absolute Gasteiger partial charge is 0.150 e. The molecule has 5 rings (SSSR count). The van der Waals surface area contributed by atoms with Gasteiger partial charge in [-0.15, -0.1) is 0 Å². The third kappa shape index (κ3) is 4.14. The second kappa shape index (κ2) is 8.21. The highest BCUT2D eigenvalue weighted by molar-refractivity contribution is 6.31. The summed E-state index contributed by atoms with van der Waals surface area (Å²) in [7, 11) is 0. The Hall–Kier alpha value is -3.69. The van der Waals surface area contributed by atoms with Gasteiger partial charge in [0.15, 0.2) is 0 Å². The number of rotatable bonds is 5. The van der Waals surface area contributed by atoms with Gasteiger partial charge in [0.1, 0.15) is 6.29 Å². The highest BCUT2D eigenvalue weighted by Gasteiger charge is 2.04. The monoisotopic (exact) mass is 422 g/mol. The third-order valence-electron chi connectivity index (χ3n) is 5.36. The molecule has 0 aliphatic rings. The Kier molecular flexibility index (Phi) is 5.11. The summed E-state index contributed by atoms with van der Waals surface area (Å²) in [5.74, 6) is 0. The van der Waals surface area contributed by atoms with Crippen LogP contribution in [0.5, 0.6) is 0 Å². The van der Waals surface area contributed by atoms with E-state index in [0.717, 1.165) is 45.9 Å². The average molecular weight is 423 g/mol. The molecule has 0 aliphatic carbocycles. The van der Waals surface area contributed by atoms with E-state index in [-0.39, 0.29) is 0 Å². The lowest BCUT2D eigenvalue weighted by Gasteiger charge is -2.07. The first-order valence-electron chi connectivity index (χ1n) is 10.1. The molecule has 3 aromatic carbocycles. The SMILES string of the molecule is O=Cc1ccc2ccn(Cc3cccc(C=Cc4ccc5ccc(Cl)cc5n4)c3)c2c1. The van der Waals surface area contributed by atoms with Gasteiger partial charge in [-0.1, -0.05) is 60.1 Å².